The fourth-order valence-electron chi connectivity index (χ4n) is 1.61. The number of amides is 1. The number of aliphatic hydroxyl groups excluding tert-OH is 1. The van der Waals surface area contributed by atoms with Crippen molar-refractivity contribution in [1.29, 1.82) is 0 Å². The smallest absolute Gasteiger partial charge is 0.259 e. The van der Waals surface area contributed by atoms with E-state index in [0.717, 1.165) is 0 Å². The lowest BCUT2D eigenvalue weighted by atomic mass is 10.2. The molecule has 0 bridgehead atoms. The molecule has 2 aromatic rings. The van der Waals surface area contributed by atoms with Crippen LogP contribution in [0.25, 0.3) is 0 Å². The van der Waals surface area contributed by atoms with Crippen LogP contribution in [0.3, 0.4) is 0 Å². The van der Waals surface area contributed by atoms with E-state index in [1.54, 1.807) is 18.2 Å². The molecule has 106 valence electrons. The zero-order chi connectivity index (χ0) is 15.2. The van der Waals surface area contributed by atoms with Crippen LogP contribution >= 0.6 is 11.6 Å². The van der Waals surface area contributed by atoms with Gasteiger partial charge in [0.05, 0.1) is 22.5 Å². The maximum Gasteiger partial charge on any atom is 0.259 e. The number of aromatic hydroxyl groups is 1. The van der Waals surface area contributed by atoms with Crippen LogP contribution in [0.15, 0.2) is 36.7 Å². The fourth-order valence-corrected chi connectivity index (χ4v) is 1.77. The Balaban J connectivity index is 2.27. The molecular weight excluding hydrogens is 292 g/mol. The zero-order valence-corrected chi connectivity index (χ0v) is 11.6. The van der Waals surface area contributed by atoms with Gasteiger partial charge in [-0.3, -0.25) is 9.78 Å². The monoisotopic (exact) mass is 302 g/mol. The van der Waals surface area contributed by atoms with Crippen LogP contribution in [0.5, 0.6) is 5.75 Å². The summed E-state index contributed by atoms with van der Waals surface area (Å²) < 4.78 is 0. The summed E-state index contributed by atoms with van der Waals surface area (Å²) in [6, 6.07) is 6.24. The van der Waals surface area contributed by atoms with Gasteiger partial charge in [0, 0.05) is 11.8 Å². The van der Waals surface area contributed by atoms with Crippen molar-refractivity contribution in [2.75, 3.05) is 11.9 Å². The molecular formula is C15H11ClN2O3. The number of nitrogens with zero attached hydrogens (tertiary/aromatic N) is 1. The Kier molecular flexibility index (Phi) is 4.77. The van der Waals surface area contributed by atoms with Gasteiger partial charge in [-0.25, -0.2) is 0 Å². The van der Waals surface area contributed by atoms with E-state index in [0.29, 0.717) is 16.3 Å². The molecule has 1 heterocycles. The summed E-state index contributed by atoms with van der Waals surface area (Å²) in [5, 5.41) is 21.2. The van der Waals surface area contributed by atoms with Crippen LogP contribution in [0, 0.1) is 11.8 Å². The van der Waals surface area contributed by atoms with Gasteiger partial charge in [0.25, 0.3) is 5.91 Å². The Hall–Kier alpha value is -2.55. The largest absolute Gasteiger partial charge is 0.505 e. The topological polar surface area (TPSA) is 82.5 Å². The number of rotatable bonds is 2. The molecule has 1 aromatic carbocycles. The van der Waals surface area contributed by atoms with Crippen molar-refractivity contribution in [2.24, 2.45) is 0 Å². The average molecular weight is 303 g/mol. The lowest BCUT2D eigenvalue weighted by Crippen LogP contribution is -2.12. The molecule has 0 aliphatic carbocycles. The van der Waals surface area contributed by atoms with Crippen molar-refractivity contribution in [2.45, 2.75) is 0 Å². The SMILES string of the molecule is O=C(Nc1cc(C#CCO)ccc1Cl)c1ccncc1O. The number of aliphatic hydroxyl groups is 1. The van der Waals surface area contributed by atoms with Crippen molar-refractivity contribution < 1.29 is 15.0 Å². The quantitative estimate of drug-likeness (QED) is 0.741. The van der Waals surface area contributed by atoms with E-state index in [9.17, 15) is 9.90 Å². The highest BCUT2D eigenvalue weighted by Crippen LogP contribution is 2.24. The van der Waals surface area contributed by atoms with E-state index < -0.39 is 5.91 Å². The third kappa shape index (κ3) is 3.72. The normalized spacial score (nSPS) is 9.62. The van der Waals surface area contributed by atoms with E-state index in [2.05, 4.69) is 22.1 Å². The van der Waals surface area contributed by atoms with Gasteiger partial charge in [-0.05, 0) is 24.3 Å². The first-order valence-electron chi connectivity index (χ1n) is 5.95. The van der Waals surface area contributed by atoms with Gasteiger partial charge in [-0.15, -0.1) is 0 Å². The van der Waals surface area contributed by atoms with Crippen molar-refractivity contribution in [3.63, 3.8) is 0 Å². The van der Waals surface area contributed by atoms with Crippen molar-refractivity contribution >= 4 is 23.2 Å². The maximum atomic E-state index is 12.1. The number of halogens is 1. The Morgan fingerprint density at radius 1 is 1.38 bits per heavy atom. The number of nitrogens with one attached hydrogen (secondary N) is 1. The zero-order valence-electron chi connectivity index (χ0n) is 10.8. The molecule has 1 aromatic heterocycles. The van der Waals surface area contributed by atoms with Crippen molar-refractivity contribution in [3.8, 4) is 17.6 Å². The molecule has 21 heavy (non-hydrogen) atoms. The number of benzene rings is 1. The fraction of sp³-hybridized carbons (Fsp3) is 0.0667. The summed E-state index contributed by atoms with van der Waals surface area (Å²) >= 11 is 6.01. The number of anilines is 1. The van der Waals surface area contributed by atoms with E-state index >= 15 is 0 Å². The number of hydrogen-bond acceptors (Lipinski definition) is 4. The van der Waals surface area contributed by atoms with Crippen molar-refractivity contribution in [1.82, 2.24) is 4.98 Å². The van der Waals surface area contributed by atoms with Gasteiger partial charge in [0.15, 0.2) is 0 Å². The molecule has 5 nitrogen and oxygen atoms in total. The van der Waals surface area contributed by atoms with Gasteiger partial charge < -0.3 is 15.5 Å². The molecule has 1 amide bonds. The molecule has 2 rings (SSSR count). The van der Waals surface area contributed by atoms with Crippen LogP contribution in [0.4, 0.5) is 5.69 Å². The number of pyridine rings is 1. The Labute approximate surface area is 126 Å². The number of aromatic nitrogens is 1. The summed E-state index contributed by atoms with van der Waals surface area (Å²) in [6.45, 7) is -0.255. The maximum absolute atomic E-state index is 12.1. The Morgan fingerprint density at radius 3 is 2.90 bits per heavy atom. The first-order chi connectivity index (χ1) is 10.1. The summed E-state index contributed by atoms with van der Waals surface area (Å²) in [5.74, 6) is 4.49. The Bertz CT molecular complexity index is 735. The molecule has 0 spiro atoms. The third-order valence-electron chi connectivity index (χ3n) is 2.57. The van der Waals surface area contributed by atoms with Gasteiger partial charge in [-0.1, -0.05) is 23.4 Å². The molecule has 3 N–H and O–H groups in total. The van der Waals surface area contributed by atoms with Gasteiger partial charge in [0.1, 0.15) is 12.4 Å². The molecule has 0 radical (unpaired) electrons. The Morgan fingerprint density at radius 2 is 2.19 bits per heavy atom. The van der Waals surface area contributed by atoms with Gasteiger partial charge >= 0.3 is 0 Å². The highest BCUT2D eigenvalue weighted by molar-refractivity contribution is 6.34. The number of carbonyl (C=O) groups excluding carboxylic acids is 1. The number of hydrogen-bond donors (Lipinski definition) is 3. The molecule has 0 unspecified atom stereocenters. The molecule has 0 saturated carbocycles. The predicted molar refractivity (Wildman–Crippen MR) is 79.3 cm³/mol. The van der Waals surface area contributed by atoms with Crippen LogP contribution in [-0.2, 0) is 0 Å². The summed E-state index contributed by atoms with van der Waals surface area (Å²) in [4.78, 5) is 15.8. The molecule has 0 saturated heterocycles. The minimum atomic E-state index is -0.510. The minimum Gasteiger partial charge on any atom is -0.505 e. The second kappa shape index (κ2) is 6.75. The lowest BCUT2D eigenvalue weighted by Gasteiger charge is -2.08. The third-order valence-corrected chi connectivity index (χ3v) is 2.90. The minimum absolute atomic E-state index is 0.0907. The van der Waals surface area contributed by atoms with Crippen LogP contribution in [0.1, 0.15) is 15.9 Å². The van der Waals surface area contributed by atoms with E-state index in [4.69, 9.17) is 16.7 Å². The van der Waals surface area contributed by atoms with Crippen LogP contribution in [0.2, 0.25) is 5.02 Å². The average Bonchev–Trinajstić information content (AvgIpc) is 2.48. The highest BCUT2D eigenvalue weighted by Gasteiger charge is 2.12. The highest BCUT2D eigenvalue weighted by atomic mass is 35.5. The summed E-state index contributed by atoms with van der Waals surface area (Å²) in [6.07, 6.45) is 2.58. The van der Waals surface area contributed by atoms with Crippen molar-refractivity contribution in [3.05, 3.63) is 52.8 Å². The van der Waals surface area contributed by atoms with Crippen LogP contribution in [-0.4, -0.2) is 27.7 Å². The first-order valence-corrected chi connectivity index (χ1v) is 6.33. The standard InChI is InChI=1S/C15H11ClN2O3/c16-12-4-3-10(2-1-7-19)8-13(12)18-15(21)11-5-6-17-9-14(11)20/h3-6,8-9,19-20H,7H2,(H,18,21). The summed E-state index contributed by atoms with van der Waals surface area (Å²) in [5.41, 5.74) is 1.05. The van der Waals surface area contributed by atoms with Gasteiger partial charge in [0.2, 0.25) is 0 Å². The molecule has 0 aliphatic rings. The van der Waals surface area contributed by atoms with E-state index in [-0.39, 0.29) is 17.9 Å². The van der Waals surface area contributed by atoms with Gasteiger partial charge in [-0.2, -0.15) is 0 Å². The number of carbonyl (C=O) groups is 1. The molecule has 0 aliphatic heterocycles. The lowest BCUT2D eigenvalue weighted by molar-refractivity contribution is 0.102. The van der Waals surface area contributed by atoms with E-state index in [1.165, 1.54) is 18.5 Å². The van der Waals surface area contributed by atoms with Crippen LogP contribution < -0.4 is 5.32 Å². The molecule has 0 fully saturated rings. The first kappa shape index (κ1) is 14.9. The summed E-state index contributed by atoms with van der Waals surface area (Å²) in [7, 11) is 0. The predicted octanol–water partition coefficient (Wildman–Crippen LogP) is 2.04. The molecule has 6 heteroatoms. The van der Waals surface area contributed by atoms with E-state index in [1.807, 2.05) is 0 Å². The second-order valence-corrected chi connectivity index (χ2v) is 4.41. The molecule has 0 atom stereocenters. The second-order valence-electron chi connectivity index (χ2n) is 4.00.